The van der Waals surface area contributed by atoms with Crippen LogP contribution >= 0.6 is 0 Å². The van der Waals surface area contributed by atoms with Gasteiger partial charge in [0.15, 0.2) is 0 Å². The Balaban J connectivity index is 2.07. The molecule has 0 unspecified atom stereocenters. The van der Waals surface area contributed by atoms with Crippen molar-refractivity contribution in [2.75, 3.05) is 18.0 Å². The molecule has 0 aliphatic carbocycles. The van der Waals surface area contributed by atoms with E-state index in [9.17, 15) is 9.59 Å². The van der Waals surface area contributed by atoms with Gasteiger partial charge in [-0.3, -0.25) is 9.59 Å². The predicted octanol–water partition coefficient (Wildman–Crippen LogP) is 2.52. The largest absolute Gasteiger partial charge is 0.367 e. The number of amides is 2. The highest BCUT2D eigenvalue weighted by Gasteiger charge is 2.27. The van der Waals surface area contributed by atoms with Gasteiger partial charge in [-0.2, -0.15) is 0 Å². The zero-order chi connectivity index (χ0) is 19.0. The molecule has 0 bridgehead atoms. The maximum absolute atomic E-state index is 15.0. The average molecular weight is 360 g/mol. The number of carbonyl (C=O) groups is 2. The number of fused-ring (bicyclic) bond motifs is 1. The number of aromatic nitrogens is 1. The molecule has 1 aromatic carbocycles. The number of nitrogens with two attached hydrogens (primary N) is 1. The number of benzene rings is 1. The van der Waals surface area contributed by atoms with E-state index in [2.05, 4.69) is 10.3 Å². The summed E-state index contributed by atoms with van der Waals surface area (Å²) in [5, 5.41) is 3.69. The number of carbonyl (C=O) groups excluding carboxylic acids is 2. The normalized spacial score (nSPS) is 17.5. The van der Waals surface area contributed by atoms with Gasteiger partial charge in [-0.15, -0.1) is 0 Å². The topological polar surface area (TPSA) is 91.2 Å². The van der Waals surface area contributed by atoms with Gasteiger partial charge in [0.05, 0.1) is 16.8 Å². The minimum Gasteiger partial charge on any atom is -0.367 e. The molecule has 3 rings (SSSR count). The van der Waals surface area contributed by atoms with E-state index < -0.39 is 11.7 Å². The van der Waals surface area contributed by atoms with Crippen molar-refractivity contribution in [1.82, 2.24) is 10.3 Å². The molecule has 6 nitrogen and oxygen atoms in total. The molecule has 2 aromatic rings. The molecule has 1 saturated heterocycles. The summed E-state index contributed by atoms with van der Waals surface area (Å²) in [5.74, 6) is -1.12. The van der Waals surface area contributed by atoms with Crippen molar-refractivity contribution in [2.24, 2.45) is 5.73 Å². The van der Waals surface area contributed by atoms with Crippen LogP contribution in [0.4, 0.5) is 10.1 Å². The fourth-order valence-corrected chi connectivity index (χ4v) is 3.73. The van der Waals surface area contributed by atoms with Gasteiger partial charge in [-0.25, -0.2) is 4.39 Å². The molecule has 1 aromatic heterocycles. The second-order valence-electron chi connectivity index (χ2n) is 6.95. The van der Waals surface area contributed by atoms with E-state index in [-0.39, 0.29) is 17.5 Å². The number of H-pyrrole nitrogens is 1. The van der Waals surface area contributed by atoms with Crippen LogP contribution in [0.3, 0.4) is 0 Å². The Kier molecular flexibility index (Phi) is 4.89. The van der Waals surface area contributed by atoms with Crippen LogP contribution in [0.2, 0.25) is 0 Å². The molecular weight excluding hydrogens is 335 g/mol. The summed E-state index contributed by atoms with van der Waals surface area (Å²) in [4.78, 5) is 28.6. The number of aromatic amines is 1. The Morgan fingerprint density at radius 2 is 2.15 bits per heavy atom. The Morgan fingerprint density at radius 1 is 1.42 bits per heavy atom. The summed E-state index contributed by atoms with van der Waals surface area (Å²) in [7, 11) is 0. The number of halogens is 1. The maximum Gasteiger partial charge on any atom is 0.250 e. The molecular formula is C19H25FN4O2. The van der Waals surface area contributed by atoms with E-state index in [0.717, 1.165) is 24.1 Å². The molecule has 1 aliphatic rings. The van der Waals surface area contributed by atoms with Gasteiger partial charge in [-0.1, -0.05) is 6.92 Å². The molecule has 7 heteroatoms. The summed E-state index contributed by atoms with van der Waals surface area (Å²) in [6.45, 7) is 6.85. The molecule has 4 N–H and O–H groups in total. The van der Waals surface area contributed by atoms with Crippen molar-refractivity contribution in [3.63, 3.8) is 0 Å². The number of rotatable bonds is 4. The number of anilines is 1. The van der Waals surface area contributed by atoms with Crippen LogP contribution in [0.25, 0.3) is 10.9 Å². The molecule has 26 heavy (non-hydrogen) atoms. The maximum atomic E-state index is 15.0. The first-order valence-corrected chi connectivity index (χ1v) is 8.99. The third kappa shape index (κ3) is 3.13. The van der Waals surface area contributed by atoms with E-state index >= 15 is 4.39 Å². The molecule has 0 spiro atoms. The smallest absolute Gasteiger partial charge is 0.250 e. The van der Waals surface area contributed by atoms with Gasteiger partial charge in [0, 0.05) is 36.6 Å². The van der Waals surface area contributed by atoms with Crippen LogP contribution < -0.4 is 16.0 Å². The van der Waals surface area contributed by atoms with Crippen molar-refractivity contribution in [2.45, 2.75) is 46.1 Å². The Hall–Kier alpha value is -2.57. The van der Waals surface area contributed by atoms with Gasteiger partial charge in [-0.05, 0) is 38.3 Å². The van der Waals surface area contributed by atoms with E-state index in [4.69, 9.17) is 5.73 Å². The summed E-state index contributed by atoms with van der Waals surface area (Å²) in [5.41, 5.74) is 8.42. The molecule has 1 fully saturated rings. The Labute approximate surface area is 151 Å². The zero-order valence-electron chi connectivity index (χ0n) is 15.4. The first kappa shape index (κ1) is 18.2. The molecule has 140 valence electrons. The summed E-state index contributed by atoms with van der Waals surface area (Å²) in [6.07, 6.45) is 2.16. The summed E-state index contributed by atoms with van der Waals surface area (Å²) in [6, 6.07) is 1.20. The monoisotopic (exact) mass is 360 g/mol. The number of nitrogens with zero attached hydrogens (tertiary/aromatic N) is 1. The number of primary amides is 1. The minimum atomic E-state index is -0.659. The number of piperidine rings is 1. The molecule has 0 saturated carbocycles. The quantitative estimate of drug-likeness (QED) is 0.782. The average Bonchev–Trinajstić information content (AvgIpc) is 2.89. The first-order chi connectivity index (χ1) is 12.3. The van der Waals surface area contributed by atoms with Crippen LogP contribution in [0.15, 0.2) is 6.07 Å². The van der Waals surface area contributed by atoms with Crippen molar-refractivity contribution in [3.05, 3.63) is 28.7 Å². The second-order valence-corrected chi connectivity index (χ2v) is 6.95. The van der Waals surface area contributed by atoms with Gasteiger partial charge < -0.3 is 20.9 Å². The van der Waals surface area contributed by atoms with Crippen LogP contribution in [0.1, 0.15) is 47.8 Å². The fraction of sp³-hybridized carbons (Fsp3) is 0.474. The van der Waals surface area contributed by atoms with Crippen molar-refractivity contribution < 1.29 is 14.0 Å². The lowest BCUT2D eigenvalue weighted by molar-refractivity contribution is -0.121. The zero-order valence-corrected chi connectivity index (χ0v) is 15.4. The standard InChI is InChI=1S/C19H25FN4O2/c1-4-15(25)23-12-6-5-7-24(9-12)18-14(20)8-13(19(21)26)17-16(18)10(2)11(3)22-17/h8,12,22H,4-7,9H2,1-3H3,(H2,21,26)(H,23,25)/t12-/m0/s1. The number of aryl methyl sites for hydroxylation is 2. The third-order valence-corrected chi connectivity index (χ3v) is 5.19. The Bertz CT molecular complexity index is 874. The van der Waals surface area contributed by atoms with Crippen LogP contribution in [0.5, 0.6) is 0 Å². The fourth-order valence-electron chi connectivity index (χ4n) is 3.73. The van der Waals surface area contributed by atoms with Gasteiger partial charge in [0.2, 0.25) is 5.91 Å². The lowest BCUT2D eigenvalue weighted by Gasteiger charge is -2.35. The summed E-state index contributed by atoms with van der Waals surface area (Å²) >= 11 is 0. The first-order valence-electron chi connectivity index (χ1n) is 8.99. The van der Waals surface area contributed by atoms with E-state index in [0.29, 0.717) is 36.1 Å². The van der Waals surface area contributed by atoms with Crippen LogP contribution in [0, 0.1) is 19.7 Å². The highest BCUT2D eigenvalue weighted by molar-refractivity contribution is 6.10. The van der Waals surface area contributed by atoms with E-state index in [1.54, 1.807) is 0 Å². The lowest BCUT2D eigenvalue weighted by Crippen LogP contribution is -2.48. The van der Waals surface area contributed by atoms with Crippen LogP contribution in [-0.2, 0) is 4.79 Å². The third-order valence-electron chi connectivity index (χ3n) is 5.19. The summed E-state index contributed by atoms with van der Waals surface area (Å²) < 4.78 is 15.0. The molecule has 1 aliphatic heterocycles. The van der Waals surface area contributed by atoms with Crippen molar-refractivity contribution in [3.8, 4) is 0 Å². The minimum absolute atomic E-state index is 0.000199. The molecule has 1 atom stereocenters. The Morgan fingerprint density at radius 3 is 2.81 bits per heavy atom. The number of nitrogens with one attached hydrogen (secondary N) is 2. The number of hydrogen-bond donors (Lipinski definition) is 3. The highest BCUT2D eigenvalue weighted by atomic mass is 19.1. The van der Waals surface area contributed by atoms with E-state index in [1.165, 1.54) is 6.07 Å². The van der Waals surface area contributed by atoms with Gasteiger partial charge >= 0.3 is 0 Å². The predicted molar refractivity (Wildman–Crippen MR) is 99.9 cm³/mol. The van der Waals surface area contributed by atoms with Gasteiger partial charge in [0.25, 0.3) is 5.91 Å². The lowest BCUT2D eigenvalue weighted by atomic mass is 10.00. The van der Waals surface area contributed by atoms with Gasteiger partial charge in [0.1, 0.15) is 5.82 Å². The molecule has 2 amide bonds. The van der Waals surface area contributed by atoms with Crippen molar-refractivity contribution >= 4 is 28.4 Å². The highest BCUT2D eigenvalue weighted by Crippen LogP contribution is 2.37. The van der Waals surface area contributed by atoms with Crippen molar-refractivity contribution in [1.29, 1.82) is 0 Å². The SMILES string of the molecule is CCC(=O)N[C@H]1CCCN(c2c(F)cc(C(N)=O)c3[nH]c(C)c(C)c23)C1. The van der Waals surface area contributed by atoms with E-state index in [1.807, 2.05) is 25.7 Å². The molecule has 2 heterocycles. The van der Waals surface area contributed by atoms with Crippen LogP contribution in [-0.4, -0.2) is 35.9 Å². The molecule has 0 radical (unpaired) electrons. The number of hydrogen-bond acceptors (Lipinski definition) is 3. The second kappa shape index (κ2) is 6.97.